The van der Waals surface area contributed by atoms with Crippen molar-refractivity contribution >= 4 is 21.7 Å². The molecule has 1 aromatic heterocycles. The Morgan fingerprint density at radius 1 is 1.31 bits per heavy atom. The molecule has 9 nitrogen and oxygen atoms in total. The second-order valence-electron chi connectivity index (χ2n) is 6.02. The molecular weight excluding hydrogens is 360 g/mol. The van der Waals surface area contributed by atoms with E-state index in [0.717, 1.165) is 5.69 Å². The first kappa shape index (κ1) is 18.1. The summed E-state index contributed by atoms with van der Waals surface area (Å²) in [5.74, 6) is -1.03. The van der Waals surface area contributed by atoms with E-state index in [4.69, 9.17) is 4.74 Å². The highest BCUT2D eigenvalue weighted by Gasteiger charge is 2.32. The number of carbonyl (C=O) groups excluding carboxylic acids is 2. The van der Waals surface area contributed by atoms with E-state index in [1.54, 1.807) is 28.9 Å². The number of aromatic nitrogens is 3. The maximum Gasteiger partial charge on any atom is 0.338 e. The van der Waals surface area contributed by atoms with E-state index in [0.29, 0.717) is 12.0 Å². The van der Waals surface area contributed by atoms with Crippen molar-refractivity contribution in [1.29, 1.82) is 0 Å². The van der Waals surface area contributed by atoms with E-state index in [2.05, 4.69) is 10.1 Å². The largest absolute Gasteiger partial charge is 0.452 e. The number of nitrogens with zero attached hydrogens (tertiary/aromatic N) is 4. The number of sulfone groups is 1. The van der Waals surface area contributed by atoms with Gasteiger partial charge in [0, 0.05) is 13.1 Å². The monoisotopic (exact) mass is 378 g/mol. The Labute approximate surface area is 150 Å². The molecule has 0 bridgehead atoms. The molecule has 0 aliphatic carbocycles. The van der Waals surface area contributed by atoms with Gasteiger partial charge in [-0.2, -0.15) is 5.10 Å². The van der Waals surface area contributed by atoms with Crippen molar-refractivity contribution in [3.05, 3.63) is 42.5 Å². The predicted molar refractivity (Wildman–Crippen MR) is 91.5 cm³/mol. The maximum absolute atomic E-state index is 12.1. The zero-order valence-corrected chi connectivity index (χ0v) is 14.9. The second-order valence-corrected chi connectivity index (χ2v) is 8.25. The summed E-state index contributed by atoms with van der Waals surface area (Å²) in [6.45, 7) is -0.434. The van der Waals surface area contributed by atoms with Gasteiger partial charge >= 0.3 is 5.97 Å². The normalized spacial score (nSPS) is 18.4. The molecule has 2 heterocycles. The minimum atomic E-state index is -3.08. The van der Waals surface area contributed by atoms with Crippen LogP contribution in [0.15, 0.2) is 36.9 Å². The number of benzene rings is 1. The van der Waals surface area contributed by atoms with Crippen LogP contribution < -0.4 is 0 Å². The number of hydrogen-bond acceptors (Lipinski definition) is 7. The van der Waals surface area contributed by atoms with Gasteiger partial charge in [-0.05, 0) is 30.7 Å². The minimum Gasteiger partial charge on any atom is -0.452 e. The lowest BCUT2D eigenvalue weighted by atomic mass is 10.2. The molecule has 0 N–H and O–H groups in total. The van der Waals surface area contributed by atoms with E-state index in [1.165, 1.54) is 24.6 Å². The van der Waals surface area contributed by atoms with Crippen LogP contribution >= 0.6 is 0 Å². The molecule has 1 atom stereocenters. The van der Waals surface area contributed by atoms with E-state index >= 15 is 0 Å². The Kier molecular flexibility index (Phi) is 5.03. The van der Waals surface area contributed by atoms with Crippen molar-refractivity contribution in [1.82, 2.24) is 19.7 Å². The first-order chi connectivity index (χ1) is 12.4. The molecule has 1 aliphatic rings. The number of esters is 1. The van der Waals surface area contributed by atoms with Crippen molar-refractivity contribution < 1.29 is 22.7 Å². The third-order valence-corrected chi connectivity index (χ3v) is 6.01. The van der Waals surface area contributed by atoms with Crippen LogP contribution in [0, 0.1) is 0 Å². The molecule has 1 aliphatic heterocycles. The third-order valence-electron chi connectivity index (χ3n) is 4.26. The van der Waals surface area contributed by atoms with E-state index in [-0.39, 0.29) is 17.5 Å². The van der Waals surface area contributed by atoms with Crippen molar-refractivity contribution in [2.45, 2.75) is 12.5 Å². The van der Waals surface area contributed by atoms with Crippen LogP contribution in [-0.2, 0) is 19.4 Å². The van der Waals surface area contributed by atoms with Crippen molar-refractivity contribution in [2.75, 3.05) is 25.2 Å². The zero-order valence-electron chi connectivity index (χ0n) is 14.1. The van der Waals surface area contributed by atoms with Gasteiger partial charge < -0.3 is 9.64 Å². The number of rotatable bonds is 5. The molecule has 10 heteroatoms. The highest BCUT2D eigenvalue weighted by Crippen LogP contribution is 2.16. The molecular formula is C16H18N4O5S. The number of amides is 1. The summed E-state index contributed by atoms with van der Waals surface area (Å²) in [7, 11) is -1.56. The lowest BCUT2D eigenvalue weighted by Crippen LogP contribution is -2.40. The number of carbonyl (C=O) groups is 2. The predicted octanol–water partition coefficient (Wildman–Crippen LogP) is 0.0696. The molecule has 2 aromatic rings. The van der Waals surface area contributed by atoms with Crippen LogP contribution in [0.5, 0.6) is 0 Å². The van der Waals surface area contributed by atoms with Gasteiger partial charge in [-0.1, -0.05) is 0 Å². The summed E-state index contributed by atoms with van der Waals surface area (Å²) < 4.78 is 29.6. The van der Waals surface area contributed by atoms with E-state index in [1.807, 2.05) is 0 Å². The number of ether oxygens (including phenoxy) is 1. The summed E-state index contributed by atoms with van der Waals surface area (Å²) >= 11 is 0. The Morgan fingerprint density at radius 3 is 2.62 bits per heavy atom. The maximum atomic E-state index is 12.1. The summed E-state index contributed by atoms with van der Waals surface area (Å²) in [4.78, 5) is 29.4. The Balaban J connectivity index is 1.54. The summed E-state index contributed by atoms with van der Waals surface area (Å²) in [6.07, 6.45) is 3.34. The van der Waals surface area contributed by atoms with Gasteiger partial charge in [-0.25, -0.2) is 22.9 Å². The molecule has 1 amide bonds. The van der Waals surface area contributed by atoms with Gasteiger partial charge in [0.25, 0.3) is 5.91 Å². The molecule has 26 heavy (non-hydrogen) atoms. The Morgan fingerprint density at radius 2 is 2.04 bits per heavy atom. The van der Waals surface area contributed by atoms with Gasteiger partial charge in [0.05, 0.1) is 22.8 Å². The number of hydrogen-bond donors (Lipinski definition) is 0. The summed E-state index contributed by atoms with van der Waals surface area (Å²) in [5.41, 5.74) is 1.03. The van der Waals surface area contributed by atoms with Crippen LogP contribution in [0.1, 0.15) is 16.8 Å². The lowest BCUT2D eigenvalue weighted by molar-refractivity contribution is -0.134. The molecule has 0 unspecified atom stereocenters. The van der Waals surface area contributed by atoms with Crippen LogP contribution in [-0.4, -0.2) is 71.2 Å². The van der Waals surface area contributed by atoms with Gasteiger partial charge in [-0.15, -0.1) is 0 Å². The molecule has 0 saturated carbocycles. The van der Waals surface area contributed by atoms with Crippen molar-refractivity contribution in [3.63, 3.8) is 0 Å². The number of likely N-dealkylation sites (N-methyl/N-ethyl adjacent to an activating group) is 1. The van der Waals surface area contributed by atoms with Gasteiger partial charge in [0.15, 0.2) is 16.4 Å². The van der Waals surface area contributed by atoms with Crippen molar-refractivity contribution in [3.8, 4) is 5.69 Å². The fourth-order valence-corrected chi connectivity index (χ4v) is 4.46. The SMILES string of the molecule is CN(C(=O)COC(=O)c1ccc(-n2cncn2)cc1)[C@H]1CCS(=O)(=O)C1. The second kappa shape index (κ2) is 7.24. The van der Waals surface area contributed by atoms with E-state index in [9.17, 15) is 18.0 Å². The van der Waals surface area contributed by atoms with Gasteiger partial charge in [-0.3, -0.25) is 4.79 Å². The molecule has 138 valence electrons. The summed E-state index contributed by atoms with van der Waals surface area (Å²) in [6, 6.07) is 6.13. The quantitative estimate of drug-likeness (QED) is 0.677. The van der Waals surface area contributed by atoms with Crippen LogP contribution in [0.25, 0.3) is 5.69 Å². The van der Waals surface area contributed by atoms with Gasteiger partial charge in [0.2, 0.25) is 0 Å². The van der Waals surface area contributed by atoms with Crippen molar-refractivity contribution in [2.24, 2.45) is 0 Å². The average Bonchev–Trinajstić information content (AvgIpc) is 3.28. The Bertz CT molecular complexity index is 893. The molecule has 3 rings (SSSR count). The summed E-state index contributed by atoms with van der Waals surface area (Å²) in [5, 5.41) is 3.98. The molecule has 1 saturated heterocycles. The van der Waals surface area contributed by atoms with E-state index < -0.39 is 28.3 Å². The molecule has 1 aromatic carbocycles. The third kappa shape index (κ3) is 4.07. The average molecular weight is 378 g/mol. The molecule has 1 fully saturated rings. The first-order valence-electron chi connectivity index (χ1n) is 7.94. The standard InChI is InChI=1S/C16H18N4O5S/c1-19(14-6-7-26(23,24)9-14)15(21)8-25-16(22)12-2-4-13(5-3-12)20-11-17-10-18-20/h2-5,10-11,14H,6-9H2,1H3/t14-/m0/s1. The van der Waals surface area contributed by atoms with Gasteiger partial charge in [0.1, 0.15) is 12.7 Å². The molecule has 0 spiro atoms. The topological polar surface area (TPSA) is 111 Å². The van der Waals surface area contributed by atoms with Crippen LogP contribution in [0.3, 0.4) is 0 Å². The smallest absolute Gasteiger partial charge is 0.338 e. The first-order valence-corrected chi connectivity index (χ1v) is 9.76. The zero-order chi connectivity index (χ0) is 18.7. The lowest BCUT2D eigenvalue weighted by Gasteiger charge is -2.23. The minimum absolute atomic E-state index is 0.0487. The molecule has 0 radical (unpaired) electrons. The highest BCUT2D eigenvalue weighted by atomic mass is 32.2. The van der Waals surface area contributed by atoms with Crippen LogP contribution in [0.2, 0.25) is 0 Å². The fourth-order valence-electron chi connectivity index (χ4n) is 2.69. The fraction of sp³-hybridized carbons (Fsp3) is 0.375. The Hall–Kier alpha value is -2.75. The highest BCUT2D eigenvalue weighted by molar-refractivity contribution is 7.91. The van der Waals surface area contributed by atoms with Crippen LogP contribution in [0.4, 0.5) is 0 Å².